The summed E-state index contributed by atoms with van der Waals surface area (Å²) in [4.78, 5) is 2.54. The predicted octanol–water partition coefficient (Wildman–Crippen LogP) is 2.67. The van der Waals surface area contributed by atoms with Crippen molar-refractivity contribution >= 4 is 0 Å². The van der Waals surface area contributed by atoms with Gasteiger partial charge in [0.05, 0.1) is 13.2 Å². The van der Waals surface area contributed by atoms with E-state index in [1.165, 1.54) is 16.7 Å². The summed E-state index contributed by atoms with van der Waals surface area (Å²) in [5.74, 6) is 0. The lowest BCUT2D eigenvalue weighted by Gasteiger charge is -2.36. The summed E-state index contributed by atoms with van der Waals surface area (Å²) in [5, 5.41) is 3.64. The summed E-state index contributed by atoms with van der Waals surface area (Å²) in [7, 11) is 0. The molecule has 3 heteroatoms. The standard InChI is InChI=1S/C17H28N2O/c1-5-18-17(11-19-8-9-20-12-15(19)4)16-7-6-13(2)10-14(16)3/h6-7,10,15,17-18H,5,8-9,11-12H2,1-4H3. The molecule has 2 atom stereocenters. The van der Waals surface area contributed by atoms with Crippen LogP contribution in [0.4, 0.5) is 0 Å². The Hall–Kier alpha value is -0.900. The Morgan fingerprint density at radius 3 is 2.85 bits per heavy atom. The highest BCUT2D eigenvalue weighted by atomic mass is 16.5. The molecule has 0 saturated carbocycles. The molecule has 1 heterocycles. The van der Waals surface area contributed by atoms with Gasteiger partial charge in [0.1, 0.15) is 0 Å². The lowest BCUT2D eigenvalue weighted by atomic mass is 9.98. The van der Waals surface area contributed by atoms with Crippen LogP contribution < -0.4 is 5.32 Å². The van der Waals surface area contributed by atoms with Crippen molar-refractivity contribution in [3.63, 3.8) is 0 Å². The maximum atomic E-state index is 5.54. The number of morpholine rings is 1. The molecule has 1 aliphatic heterocycles. The van der Waals surface area contributed by atoms with Crippen LogP contribution >= 0.6 is 0 Å². The fourth-order valence-electron chi connectivity index (χ4n) is 3.00. The van der Waals surface area contributed by atoms with Gasteiger partial charge in [0.25, 0.3) is 0 Å². The smallest absolute Gasteiger partial charge is 0.0619 e. The van der Waals surface area contributed by atoms with Crippen LogP contribution in [0.2, 0.25) is 0 Å². The first-order valence-corrected chi connectivity index (χ1v) is 7.74. The van der Waals surface area contributed by atoms with E-state index in [1.807, 2.05) is 0 Å². The van der Waals surface area contributed by atoms with E-state index in [0.717, 1.165) is 32.8 Å². The van der Waals surface area contributed by atoms with Crippen molar-refractivity contribution in [2.45, 2.75) is 39.8 Å². The maximum absolute atomic E-state index is 5.54. The number of nitrogens with one attached hydrogen (secondary N) is 1. The number of likely N-dealkylation sites (N-methyl/N-ethyl adjacent to an activating group) is 1. The third-order valence-corrected chi connectivity index (χ3v) is 4.17. The maximum Gasteiger partial charge on any atom is 0.0619 e. The molecule has 20 heavy (non-hydrogen) atoms. The van der Waals surface area contributed by atoms with Crippen LogP contribution in [0, 0.1) is 13.8 Å². The Morgan fingerprint density at radius 2 is 2.20 bits per heavy atom. The number of rotatable bonds is 5. The molecule has 0 radical (unpaired) electrons. The van der Waals surface area contributed by atoms with E-state index >= 15 is 0 Å². The zero-order valence-electron chi connectivity index (χ0n) is 13.3. The van der Waals surface area contributed by atoms with Crippen LogP contribution in [0.5, 0.6) is 0 Å². The number of nitrogens with zero attached hydrogens (tertiary/aromatic N) is 1. The summed E-state index contributed by atoms with van der Waals surface area (Å²) in [6.07, 6.45) is 0. The Kier molecular flexibility index (Phi) is 5.58. The molecule has 1 aromatic rings. The number of hydrogen-bond donors (Lipinski definition) is 1. The second-order valence-corrected chi connectivity index (χ2v) is 5.89. The van der Waals surface area contributed by atoms with Gasteiger partial charge in [-0.3, -0.25) is 4.90 Å². The SMILES string of the molecule is CCNC(CN1CCOCC1C)c1ccc(C)cc1C. The predicted molar refractivity (Wildman–Crippen MR) is 84.2 cm³/mol. The van der Waals surface area contributed by atoms with E-state index in [1.54, 1.807) is 0 Å². The van der Waals surface area contributed by atoms with Crippen molar-refractivity contribution < 1.29 is 4.74 Å². The highest BCUT2D eigenvalue weighted by Crippen LogP contribution is 2.21. The minimum absolute atomic E-state index is 0.404. The quantitative estimate of drug-likeness (QED) is 0.895. The molecule has 0 bridgehead atoms. The summed E-state index contributed by atoms with van der Waals surface area (Å²) in [6, 6.07) is 7.69. The summed E-state index contributed by atoms with van der Waals surface area (Å²) >= 11 is 0. The fraction of sp³-hybridized carbons (Fsp3) is 0.647. The molecule has 0 aromatic heterocycles. The van der Waals surface area contributed by atoms with Gasteiger partial charge in [-0.05, 0) is 38.4 Å². The van der Waals surface area contributed by atoms with Crippen LogP contribution in [0.25, 0.3) is 0 Å². The normalized spacial score (nSPS) is 21.9. The van der Waals surface area contributed by atoms with E-state index < -0.39 is 0 Å². The lowest BCUT2D eigenvalue weighted by Crippen LogP contribution is -2.47. The second kappa shape index (κ2) is 7.21. The van der Waals surface area contributed by atoms with Crippen molar-refractivity contribution in [1.29, 1.82) is 0 Å². The van der Waals surface area contributed by atoms with Gasteiger partial charge in [-0.1, -0.05) is 30.7 Å². The Balaban J connectivity index is 2.13. The molecule has 1 saturated heterocycles. The van der Waals surface area contributed by atoms with Gasteiger partial charge >= 0.3 is 0 Å². The Labute approximate surface area is 123 Å². The fourth-order valence-corrected chi connectivity index (χ4v) is 3.00. The lowest BCUT2D eigenvalue weighted by molar-refractivity contribution is -0.00444. The average molecular weight is 276 g/mol. The minimum atomic E-state index is 0.404. The first-order chi connectivity index (χ1) is 9.61. The first kappa shape index (κ1) is 15.5. The summed E-state index contributed by atoms with van der Waals surface area (Å²) < 4.78 is 5.54. The largest absolute Gasteiger partial charge is 0.379 e. The minimum Gasteiger partial charge on any atom is -0.379 e. The van der Waals surface area contributed by atoms with Gasteiger partial charge in [-0.15, -0.1) is 0 Å². The summed E-state index contributed by atoms with van der Waals surface area (Å²) in [5.41, 5.74) is 4.15. The van der Waals surface area contributed by atoms with Gasteiger partial charge < -0.3 is 10.1 Å². The number of aryl methyl sites for hydroxylation is 2. The van der Waals surface area contributed by atoms with E-state index in [9.17, 15) is 0 Å². The Bertz CT molecular complexity index is 433. The van der Waals surface area contributed by atoms with Gasteiger partial charge in [0.15, 0.2) is 0 Å². The molecule has 1 fully saturated rings. The van der Waals surface area contributed by atoms with E-state index in [0.29, 0.717) is 12.1 Å². The topological polar surface area (TPSA) is 24.5 Å². The van der Waals surface area contributed by atoms with Crippen LogP contribution in [-0.4, -0.2) is 43.8 Å². The van der Waals surface area contributed by atoms with Crippen molar-refractivity contribution in [2.75, 3.05) is 32.8 Å². The molecule has 1 aliphatic rings. The van der Waals surface area contributed by atoms with Gasteiger partial charge in [-0.25, -0.2) is 0 Å². The molecular formula is C17H28N2O. The van der Waals surface area contributed by atoms with Crippen LogP contribution in [0.15, 0.2) is 18.2 Å². The van der Waals surface area contributed by atoms with Crippen LogP contribution in [0.1, 0.15) is 36.6 Å². The third kappa shape index (κ3) is 3.81. The molecule has 0 aliphatic carbocycles. The molecule has 1 aromatic carbocycles. The van der Waals surface area contributed by atoms with E-state index in [4.69, 9.17) is 4.74 Å². The van der Waals surface area contributed by atoms with Crippen molar-refractivity contribution in [2.24, 2.45) is 0 Å². The van der Waals surface area contributed by atoms with E-state index in [2.05, 4.69) is 56.1 Å². The van der Waals surface area contributed by atoms with Gasteiger partial charge in [0.2, 0.25) is 0 Å². The van der Waals surface area contributed by atoms with Crippen molar-refractivity contribution in [3.05, 3.63) is 34.9 Å². The number of benzene rings is 1. The molecule has 3 nitrogen and oxygen atoms in total. The monoisotopic (exact) mass is 276 g/mol. The molecule has 1 N–H and O–H groups in total. The number of ether oxygens (including phenoxy) is 1. The summed E-state index contributed by atoms with van der Waals surface area (Å²) in [6.45, 7) is 13.6. The highest BCUT2D eigenvalue weighted by molar-refractivity contribution is 5.33. The molecule has 2 rings (SSSR count). The zero-order valence-corrected chi connectivity index (χ0v) is 13.3. The Morgan fingerprint density at radius 1 is 1.40 bits per heavy atom. The highest BCUT2D eigenvalue weighted by Gasteiger charge is 2.23. The van der Waals surface area contributed by atoms with Crippen LogP contribution in [-0.2, 0) is 4.74 Å². The molecule has 0 spiro atoms. The van der Waals surface area contributed by atoms with Crippen molar-refractivity contribution in [1.82, 2.24) is 10.2 Å². The molecule has 112 valence electrons. The van der Waals surface area contributed by atoms with Gasteiger partial charge in [-0.2, -0.15) is 0 Å². The molecule has 2 unspecified atom stereocenters. The second-order valence-electron chi connectivity index (χ2n) is 5.89. The number of hydrogen-bond acceptors (Lipinski definition) is 3. The third-order valence-electron chi connectivity index (χ3n) is 4.17. The first-order valence-electron chi connectivity index (χ1n) is 7.74. The average Bonchev–Trinajstić information content (AvgIpc) is 2.41. The van der Waals surface area contributed by atoms with Crippen molar-refractivity contribution in [3.8, 4) is 0 Å². The van der Waals surface area contributed by atoms with Gasteiger partial charge in [0, 0.05) is 25.2 Å². The van der Waals surface area contributed by atoms with E-state index in [-0.39, 0.29) is 0 Å². The molecule has 0 amide bonds. The molecular weight excluding hydrogens is 248 g/mol. The zero-order chi connectivity index (χ0) is 14.5. The van der Waals surface area contributed by atoms with Crippen LogP contribution in [0.3, 0.4) is 0 Å².